The van der Waals surface area contributed by atoms with Crippen LogP contribution in [0.3, 0.4) is 0 Å². The summed E-state index contributed by atoms with van der Waals surface area (Å²) >= 11 is 0. The van der Waals surface area contributed by atoms with Crippen molar-refractivity contribution in [2.75, 3.05) is 7.11 Å². The largest absolute Gasteiger partial charge is 0.377 e. The van der Waals surface area contributed by atoms with Crippen molar-refractivity contribution < 1.29 is 4.74 Å². The van der Waals surface area contributed by atoms with E-state index in [2.05, 4.69) is 40.2 Å². The van der Waals surface area contributed by atoms with Crippen molar-refractivity contribution in [3.8, 4) is 5.82 Å². The van der Waals surface area contributed by atoms with E-state index in [9.17, 15) is 0 Å². The number of rotatable bonds is 4. The molecule has 2 heterocycles. The molecule has 4 rings (SSSR count). The number of ether oxygens (including phenoxy) is 1. The molecule has 1 aromatic carbocycles. The van der Waals surface area contributed by atoms with Crippen LogP contribution in [-0.2, 0) is 16.8 Å². The van der Waals surface area contributed by atoms with Gasteiger partial charge in [0.2, 0.25) is 0 Å². The number of aryl methyl sites for hydroxylation is 1. The van der Waals surface area contributed by atoms with Crippen molar-refractivity contribution in [3.05, 3.63) is 47.5 Å². The van der Waals surface area contributed by atoms with E-state index in [1.807, 2.05) is 23.9 Å². The zero-order valence-corrected chi connectivity index (χ0v) is 14.4. The monoisotopic (exact) mass is 322 g/mol. The third-order valence-corrected chi connectivity index (χ3v) is 5.10. The molecule has 0 aliphatic heterocycles. The van der Waals surface area contributed by atoms with Crippen molar-refractivity contribution in [2.24, 2.45) is 0 Å². The average Bonchev–Trinajstić information content (AvgIpc) is 2.95. The number of hydrogen-bond donors (Lipinski definition) is 0. The third kappa shape index (κ3) is 2.49. The molecule has 1 aliphatic rings. The molecule has 0 unspecified atom stereocenters. The number of aromatic nitrogens is 4. The average molecular weight is 322 g/mol. The Balaban J connectivity index is 1.83. The number of methoxy groups -OCH3 is 1. The van der Waals surface area contributed by atoms with Gasteiger partial charge in [-0.1, -0.05) is 25.5 Å². The van der Waals surface area contributed by atoms with Gasteiger partial charge in [-0.25, -0.2) is 14.6 Å². The molecule has 24 heavy (non-hydrogen) atoms. The normalized spacial score (nSPS) is 16.3. The van der Waals surface area contributed by atoms with E-state index in [-0.39, 0.29) is 0 Å². The molecule has 0 spiro atoms. The number of nitrogens with zero attached hydrogens (tertiary/aromatic N) is 4. The van der Waals surface area contributed by atoms with E-state index in [1.54, 1.807) is 7.11 Å². The van der Waals surface area contributed by atoms with Crippen LogP contribution >= 0.6 is 0 Å². The Morgan fingerprint density at radius 3 is 2.75 bits per heavy atom. The van der Waals surface area contributed by atoms with Crippen LogP contribution < -0.4 is 0 Å². The maximum atomic E-state index is 5.17. The van der Waals surface area contributed by atoms with Gasteiger partial charge in [0.05, 0.1) is 11.7 Å². The van der Waals surface area contributed by atoms with Gasteiger partial charge in [-0.15, -0.1) is 0 Å². The summed E-state index contributed by atoms with van der Waals surface area (Å²) in [5.74, 6) is 1.47. The third-order valence-electron chi connectivity index (χ3n) is 5.10. The summed E-state index contributed by atoms with van der Waals surface area (Å²) in [6.45, 7) is 4.72. The van der Waals surface area contributed by atoms with Gasteiger partial charge < -0.3 is 4.74 Å². The van der Waals surface area contributed by atoms with E-state index in [0.29, 0.717) is 17.8 Å². The fraction of sp³-hybridized carbons (Fsp3) is 0.421. The smallest absolute Gasteiger partial charge is 0.158 e. The summed E-state index contributed by atoms with van der Waals surface area (Å²) in [6, 6.07) is 8.65. The predicted octanol–water partition coefficient (Wildman–Crippen LogP) is 3.71. The topological polar surface area (TPSA) is 52.8 Å². The Morgan fingerprint density at radius 2 is 2.04 bits per heavy atom. The van der Waals surface area contributed by atoms with Gasteiger partial charge in [-0.05, 0) is 36.8 Å². The van der Waals surface area contributed by atoms with Crippen LogP contribution in [0.15, 0.2) is 30.5 Å². The first kappa shape index (κ1) is 15.3. The van der Waals surface area contributed by atoms with Crippen molar-refractivity contribution in [1.29, 1.82) is 0 Å². The Morgan fingerprint density at radius 1 is 1.21 bits per heavy atom. The molecule has 3 aromatic rings. The van der Waals surface area contributed by atoms with E-state index >= 15 is 0 Å². The first-order chi connectivity index (χ1) is 11.6. The highest BCUT2D eigenvalue weighted by molar-refractivity contribution is 5.81. The molecule has 0 saturated heterocycles. The molecule has 1 saturated carbocycles. The van der Waals surface area contributed by atoms with Crippen LogP contribution in [0.4, 0.5) is 0 Å². The second-order valence-electron chi connectivity index (χ2n) is 6.96. The van der Waals surface area contributed by atoms with Crippen LogP contribution in [0, 0.1) is 6.92 Å². The fourth-order valence-electron chi connectivity index (χ4n) is 3.49. The van der Waals surface area contributed by atoms with Crippen LogP contribution in [0.5, 0.6) is 0 Å². The molecule has 0 N–H and O–H groups in total. The quantitative estimate of drug-likeness (QED) is 0.735. The van der Waals surface area contributed by atoms with Crippen molar-refractivity contribution in [1.82, 2.24) is 19.7 Å². The minimum Gasteiger partial charge on any atom is -0.377 e. The highest BCUT2D eigenvalue weighted by Crippen LogP contribution is 2.43. The number of benzene rings is 1. The Hall–Kier alpha value is -2.27. The summed E-state index contributed by atoms with van der Waals surface area (Å²) in [7, 11) is 1.65. The first-order valence-electron chi connectivity index (χ1n) is 8.41. The second-order valence-corrected chi connectivity index (χ2v) is 6.96. The summed E-state index contributed by atoms with van der Waals surface area (Å²) in [6.07, 6.45) is 5.74. The standard InChI is InChI=1S/C19H22N4O/c1-13-9-18(22-17(21-13)12-24-3)23-16-10-15(19(2)7-4-8-19)6-5-14(16)11-20-23/h5-6,9-11H,4,7-8,12H2,1-3H3. The molecule has 1 fully saturated rings. The van der Waals surface area contributed by atoms with E-state index in [4.69, 9.17) is 4.74 Å². The molecule has 124 valence electrons. The fourth-order valence-corrected chi connectivity index (χ4v) is 3.49. The lowest BCUT2D eigenvalue weighted by Crippen LogP contribution is -2.30. The highest BCUT2D eigenvalue weighted by atomic mass is 16.5. The zero-order chi connectivity index (χ0) is 16.7. The molecule has 2 aromatic heterocycles. The zero-order valence-electron chi connectivity index (χ0n) is 14.4. The maximum Gasteiger partial charge on any atom is 0.158 e. The number of hydrogen-bond acceptors (Lipinski definition) is 4. The van der Waals surface area contributed by atoms with Crippen LogP contribution in [0.1, 0.15) is 43.3 Å². The molecule has 0 bridgehead atoms. The molecular formula is C19H22N4O. The maximum absolute atomic E-state index is 5.17. The SMILES string of the molecule is COCc1nc(C)cc(-n2ncc3ccc(C4(C)CCC4)cc32)n1. The van der Waals surface area contributed by atoms with Gasteiger partial charge in [0, 0.05) is 24.3 Å². The van der Waals surface area contributed by atoms with Gasteiger partial charge in [0.15, 0.2) is 11.6 Å². The van der Waals surface area contributed by atoms with E-state index < -0.39 is 0 Å². The summed E-state index contributed by atoms with van der Waals surface area (Å²) < 4.78 is 7.09. The molecule has 5 nitrogen and oxygen atoms in total. The Labute approximate surface area is 141 Å². The van der Waals surface area contributed by atoms with E-state index in [0.717, 1.165) is 22.4 Å². The van der Waals surface area contributed by atoms with Gasteiger partial charge in [0.25, 0.3) is 0 Å². The van der Waals surface area contributed by atoms with Crippen molar-refractivity contribution in [3.63, 3.8) is 0 Å². The highest BCUT2D eigenvalue weighted by Gasteiger charge is 2.33. The summed E-state index contributed by atoms with van der Waals surface area (Å²) in [5, 5.41) is 5.69. The van der Waals surface area contributed by atoms with Crippen molar-refractivity contribution in [2.45, 2.75) is 45.1 Å². The first-order valence-corrected chi connectivity index (χ1v) is 8.41. The summed E-state index contributed by atoms with van der Waals surface area (Å²) in [5.41, 5.74) is 3.72. The number of fused-ring (bicyclic) bond motifs is 1. The summed E-state index contributed by atoms with van der Waals surface area (Å²) in [4.78, 5) is 9.02. The van der Waals surface area contributed by atoms with Gasteiger partial charge in [-0.2, -0.15) is 5.10 Å². The van der Waals surface area contributed by atoms with Gasteiger partial charge >= 0.3 is 0 Å². The van der Waals surface area contributed by atoms with Crippen LogP contribution in [0.25, 0.3) is 16.7 Å². The second kappa shape index (κ2) is 5.67. The lowest BCUT2D eigenvalue weighted by Gasteiger charge is -2.39. The Bertz CT molecular complexity index is 896. The Kier molecular flexibility index (Phi) is 3.61. The lowest BCUT2D eigenvalue weighted by molar-refractivity contribution is 0.177. The molecule has 0 radical (unpaired) electrons. The minimum absolute atomic E-state index is 0.312. The van der Waals surface area contributed by atoms with Gasteiger partial charge in [0.1, 0.15) is 6.61 Å². The van der Waals surface area contributed by atoms with E-state index in [1.165, 1.54) is 24.8 Å². The minimum atomic E-state index is 0.312. The predicted molar refractivity (Wildman–Crippen MR) is 93.3 cm³/mol. The van der Waals surface area contributed by atoms with Crippen LogP contribution in [0.2, 0.25) is 0 Å². The molecule has 0 atom stereocenters. The lowest BCUT2D eigenvalue weighted by atomic mass is 9.66. The molecular weight excluding hydrogens is 300 g/mol. The van der Waals surface area contributed by atoms with Crippen LogP contribution in [-0.4, -0.2) is 26.9 Å². The molecule has 1 aliphatic carbocycles. The molecule has 0 amide bonds. The molecule has 5 heteroatoms. The van der Waals surface area contributed by atoms with Gasteiger partial charge in [-0.3, -0.25) is 0 Å². The van der Waals surface area contributed by atoms with Crippen molar-refractivity contribution >= 4 is 10.9 Å².